The number of aryl methyl sites for hydroxylation is 1. The van der Waals surface area contributed by atoms with E-state index in [4.69, 9.17) is 5.11 Å². The minimum atomic E-state index is 0.0977. The first-order valence-corrected chi connectivity index (χ1v) is 4.71. The Morgan fingerprint density at radius 2 is 2.33 bits per heavy atom. The summed E-state index contributed by atoms with van der Waals surface area (Å²) in [5.74, 6) is 0. The van der Waals surface area contributed by atoms with Gasteiger partial charge in [-0.05, 0) is 26.3 Å². The van der Waals surface area contributed by atoms with Gasteiger partial charge in [-0.15, -0.1) is 11.3 Å². The van der Waals surface area contributed by atoms with E-state index in [2.05, 4.69) is 4.98 Å². The minimum absolute atomic E-state index is 0.0977. The van der Waals surface area contributed by atoms with Gasteiger partial charge in [0.2, 0.25) is 0 Å². The van der Waals surface area contributed by atoms with Crippen LogP contribution in [0.2, 0.25) is 0 Å². The summed E-state index contributed by atoms with van der Waals surface area (Å²) in [4.78, 5) is 5.31. The van der Waals surface area contributed by atoms with E-state index in [-0.39, 0.29) is 6.61 Å². The Hall–Kier alpha value is -0.670. The zero-order chi connectivity index (χ0) is 9.14. The van der Waals surface area contributed by atoms with Crippen molar-refractivity contribution < 1.29 is 5.11 Å². The van der Waals surface area contributed by atoms with Crippen molar-refractivity contribution >= 4 is 16.9 Å². The second-order valence-corrected chi connectivity index (χ2v) is 3.74. The van der Waals surface area contributed by atoms with E-state index in [9.17, 15) is 0 Å². The van der Waals surface area contributed by atoms with Crippen LogP contribution in [0.1, 0.15) is 29.4 Å². The highest BCUT2D eigenvalue weighted by Gasteiger charge is 2.06. The van der Waals surface area contributed by atoms with Gasteiger partial charge in [0.1, 0.15) is 5.01 Å². The molecule has 0 atom stereocenters. The van der Waals surface area contributed by atoms with Crippen molar-refractivity contribution in [1.29, 1.82) is 0 Å². The summed E-state index contributed by atoms with van der Waals surface area (Å²) in [7, 11) is 0. The first-order chi connectivity index (χ1) is 5.69. The molecule has 1 rings (SSSR count). The number of rotatable bonds is 2. The fourth-order valence-electron chi connectivity index (χ4n) is 0.867. The molecule has 0 saturated heterocycles. The van der Waals surface area contributed by atoms with Crippen molar-refractivity contribution in [3.63, 3.8) is 0 Å². The highest BCUT2D eigenvalue weighted by molar-refractivity contribution is 7.12. The number of aliphatic hydroxyl groups is 1. The molecular formula is C9H13NOS. The highest BCUT2D eigenvalue weighted by Crippen LogP contribution is 2.23. The maximum atomic E-state index is 8.94. The smallest absolute Gasteiger partial charge is 0.119 e. The summed E-state index contributed by atoms with van der Waals surface area (Å²) >= 11 is 1.56. The van der Waals surface area contributed by atoms with Crippen molar-refractivity contribution in [2.45, 2.75) is 27.4 Å². The zero-order valence-electron chi connectivity index (χ0n) is 7.59. The van der Waals surface area contributed by atoms with E-state index in [1.807, 2.05) is 26.8 Å². The SMILES string of the molecule is C/C=C(\C)c1nc(C)c(CO)s1. The summed E-state index contributed by atoms with van der Waals surface area (Å²) in [5.41, 5.74) is 2.11. The fourth-order valence-corrected chi connectivity index (χ4v) is 1.82. The summed E-state index contributed by atoms with van der Waals surface area (Å²) in [6.07, 6.45) is 2.03. The monoisotopic (exact) mass is 183 g/mol. The van der Waals surface area contributed by atoms with E-state index in [1.54, 1.807) is 11.3 Å². The number of thiazole rings is 1. The van der Waals surface area contributed by atoms with E-state index in [1.165, 1.54) is 5.57 Å². The summed E-state index contributed by atoms with van der Waals surface area (Å²) < 4.78 is 0. The first kappa shape index (κ1) is 9.42. The lowest BCUT2D eigenvalue weighted by atomic mass is 10.3. The maximum absolute atomic E-state index is 8.94. The van der Waals surface area contributed by atoms with Crippen LogP contribution < -0.4 is 0 Å². The molecule has 0 radical (unpaired) electrons. The number of hydrogen-bond acceptors (Lipinski definition) is 3. The van der Waals surface area contributed by atoms with E-state index >= 15 is 0 Å². The van der Waals surface area contributed by atoms with Crippen LogP contribution in [-0.4, -0.2) is 10.1 Å². The van der Waals surface area contributed by atoms with E-state index in [0.29, 0.717) is 0 Å². The molecule has 0 aliphatic rings. The van der Waals surface area contributed by atoms with Crippen LogP contribution in [-0.2, 0) is 6.61 Å². The second kappa shape index (κ2) is 3.83. The van der Waals surface area contributed by atoms with E-state index < -0.39 is 0 Å². The summed E-state index contributed by atoms with van der Waals surface area (Å²) in [5, 5.41) is 9.95. The Morgan fingerprint density at radius 1 is 1.67 bits per heavy atom. The molecule has 12 heavy (non-hydrogen) atoms. The van der Waals surface area contributed by atoms with Gasteiger partial charge >= 0.3 is 0 Å². The molecule has 0 amide bonds. The Balaban J connectivity index is 3.04. The third-order valence-electron chi connectivity index (χ3n) is 1.81. The van der Waals surface area contributed by atoms with Gasteiger partial charge in [0.15, 0.2) is 0 Å². The second-order valence-electron chi connectivity index (χ2n) is 2.66. The van der Waals surface area contributed by atoms with Gasteiger partial charge in [0.25, 0.3) is 0 Å². The van der Waals surface area contributed by atoms with Crippen LogP contribution in [0.5, 0.6) is 0 Å². The Morgan fingerprint density at radius 3 is 2.75 bits per heavy atom. The molecule has 0 bridgehead atoms. The van der Waals surface area contributed by atoms with Gasteiger partial charge in [-0.25, -0.2) is 4.98 Å². The van der Waals surface area contributed by atoms with Gasteiger partial charge < -0.3 is 5.11 Å². The van der Waals surface area contributed by atoms with Gasteiger partial charge in [0.05, 0.1) is 17.2 Å². The lowest BCUT2D eigenvalue weighted by molar-refractivity contribution is 0.284. The van der Waals surface area contributed by atoms with Crippen LogP contribution in [0.4, 0.5) is 0 Å². The predicted molar refractivity (Wildman–Crippen MR) is 52.1 cm³/mol. The molecule has 2 nitrogen and oxygen atoms in total. The normalized spacial score (nSPS) is 12.2. The predicted octanol–water partition coefficient (Wildman–Crippen LogP) is 2.37. The molecule has 0 unspecified atom stereocenters. The average Bonchev–Trinajstić information content (AvgIpc) is 2.45. The third kappa shape index (κ3) is 1.73. The zero-order valence-corrected chi connectivity index (χ0v) is 8.40. The standard InChI is InChI=1S/C9H13NOS/c1-4-6(2)9-10-7(3)8(5-11)12-9/h4,11H,5H2,1-3H3/b6-4+. The molecule has 1 heterocycles. The number of allylic oxidation sites excluding steroid dienone is 2. The number of aromatic nitrogens is 1. The fraction of sp³-hybridized carbons (Fsp3) is 0.444. The lowest BCUT2D eigenvalue weighted by Gasteiger charge is -1.89. The van der Waals surface area contributed by atoms with Gasteiger partial charge in [-0.3, -0.25) is 0 Å². The van der Waals surface area contributed by atoms with Crippen molar-refractivity contribution in [1.82, 2.24) is 4.98 Å². The molecule has 0 saturated carbocycles. The van der Waals surface area contributed by atoms with Gasteiger partial charge in [0, 0.05) is 0 Å². The van der Waals surface area contributed by atoms with Crippen molar-refractivity contribution in [2.24, 2.45) is 0 Å². The van der Waals surface area contributed by atoms with E-state index in [0.717, 1.165) is 15.6 Å². The Labute approximate surface area is 76.6 Å². The largest absolute Gasteiger partial charge is 0.391 e. The maximum Gasteiger partial charge on any atom is 0.119 e. The molecule has 66 valence electrons. The van der Waals surface area contributed by atoms with Crippen LogP contribution in [0.25, 0.3) is 5.57 Å². The Kier molecular flexibility index (Phi) is 3.00. The lowest BCUT2D eigenvalue weighted by Crippen LogP contribution is -1.80. The molecule has 3 heteroatoms. The summed E-state index contributed by atoms with van der Waals surface area (Å²) in [6.45, 7) is 6.04. The van der Waals surface area contributed by atoms with Crippen molar-refractivity contribution in [3.8, 4) is 0 Å². The average molecular weight is 183 g/mol. The topological polar surface area (TPSA) is 33.1 Å². The number of aliphatic hydroxyl groups excluding tert-OH is 1. The van der Waals surface area contributed by atoms with Gasteiger partial charge in [-0.2, -0.15) is 0 Å². The van der Waals surface area contributed by atoms with Crippen LogP contribution in [0, 0.1) is 6.92 Å². The molecule has 1 N–H and O–H groups in total. The number of nitrogens with zero attached hydrogens (tertiary/aromatic N) is 1. The first-order valence-electron chi connectivity index (χ1n) is 3.89. The third-order valence-corrected chi connectivity index (χ3v) is 3.08. The molecule has 0 spiro atoms. The molecule has 0 aliphatic carbocycles. The quantitative estimate of drug-likeness (QED) is 0.763. The van der Waals surface area contributed by atoms with Crippen LogP contribution >= 0.6 is 11.3 Å². The highest BCUT2D eigenvalue weighted by atomic mass is 32.1. The molecule has 0 aliphatic heterocycles. The molecule has 0 aromatic carbocycles. The molecule has 1 aromatic rings. The minimum Gasteiger partial charge on any atom is -0.391 e. The summed E-state index contributed by atoms with van der Waals surface area (Å²) in [6, 6.07) is 0. The van der Waals surface area contributed by atoms with Crippen molar-refractivity contribution in [2.75, 3.05) is 0 Å². The molecule has 0 fully saturated rings. The van der Waals surface area contributed by atoms with Crippen LogP contribution in [0.15, 0.2) is 6.08 Å². The Bertz CT molecular complexity index is 301. The van der Waals surface area contributed by atoms with Crippen LogP contribution in [0.3, 0.4) is 0 Å². The molecule has 1 aromatic heterocycles. The van der Waals surface area contributed by atoms with Crippen molar-refractivity contribution in [3.05, 3.63) is 21.7 Å². The number of hydrogen-bond donors (Lipinski definition) is 1. The van der Waals surface area contributed by atoms with Gasteiger partial charge in [-0.1, -0.05) is 6.08 Å². The molecular weight excluding hydrogens is 170 g/mol.